The predicted molar refractivity (Wildman–Crippen MR) is 76.1 cm³/mol. The van der Waals surface area contributed by atoms with Crippen molar-refractivity contribution in [2.75, 3.05) is 12.8 Å². The summed E-state index contributed by atoms with van der Waals surface area (Å²) in [5.41, 5.74) is 7.22. The molecule has 2 aromatic carbocycles. The first-order valence-electron chi connectivity index (χ1n) is 6.21. The summed E-state index contributed by atoms with van der Waals surface area (Å²) < 4.78 is 23.9. The standard InChI is InChI=1S/C15H12FN3O2/c1-20-13-7-6-9(8-12(13)17)15-18-14(19-21-15)10-4-2-3-5-11(10)16/h2-8H,17H2,1H3. The van der Waals surface area contributed by atoms with Crippen LogP contribution in [0.2, 0.25) is 0 Å². The molecule has 0 aliphatic carbocycles. The Kier molecular flexibility index (Phi) is 3.27. The summed E-state index contributed by atoms with van der Waals surface area (Å²) in [7, 11) is 1.54. The Morgan fingerprint density at radius 1 is 1.19 bits per heavy atom. The van der Waals surface area contributed by atoms with Gasteiger partial charge in [-0.25, -0.2) is 4.39 Å². The largest absolute Gasteiger partial charge is 0.495 e. The van der Waals surface area contributed by atoms with E-state index in [1.807, 2.05) is 0 Å². The molecular formula is C15H12FN3O2. The minimum absolute atomic E-state index is 0.192. The highest BCUT2D eigenvalue weighted by molar-refractivity contribution is 5.67. The molecule has 0 fully saturated rings. The average Bonchev–Trinajstić information content (AvgIpc) is 2.97. The molecule has 0 unspecified atom stereocenters. The molecule has 3 aromatic rings. The van der Waals surface area contributed by atoms with Crippen LogP contribution < -0.4 is 10.5 Å². The number of hydrogen-bond acceptors (Lipinski definition) is 5. The maximum atomic E-state index is 13.7. The van der Waals surface area contributed by atoms with Gasteiger partial charge in [0.2, 0.25) is 5.82 Å². The number of nitrogen functional groups attached to an aromatic ring is 1. The number of anilines is 1. The quantitative estimate of drug-likeness (QED) is 0.748. The average molecular weight is 285 g/mol. The minimum atomic E-state index is -0.404. The molecule has 0 spiro atoms. The Labute approximate surface area is 120 Å². The molecule has 0 saturated heterocycles. The Bertz CT molecular complexity index is 786. The van der Waals surface area contributed by atoms with Crippen LogP contribution in [0.15, 0.2) is 47.0 Å². The van der Waals surface area contributed by atoms with E-state index in [9.17, 15) is 4.39 Å². The van der Waals surface area contributed by atoms with E-state index in [0.29, 0.717) is 17.0 Å². The zero-order valence-corrected chi connectivity index (χ0v) is 11.2. The zero-order valence-electron chi connectivity index (χ0n) is 11.2. The lowest BCUT2D eigenvalue weighted by Gasteiger charge is -2.04. The summed E-state index contributed by atoms with van der Waals surface area (Å²) in [5, 5.41) is 3.80. The maximum absolute atomic E-state index is 13.7. The number of methoxy groups -OCH3 is 1. The number of aromatic nitrogens is 2. The van der Waals surface area contributed by atoms with Gasteiger partial charge in [0.1, 0.15) is 11.6 Å². The van der Waals surface area contributed by atoms with Crippen LogP contribution in [0.5, 0.6) is 5.75 Å². The molecule has 3 rings (SSSR count). The third kappa shape index (κ3) is 2.43. The summed E-state index contributed by atoms with van der Waals surface area (Å²) in [6.07, 6.45) is 0. The fraction of sp³-hybridized carbons (Fsp3) is 0.0667. The molecule has 0 atom stereocenters. The first kappa shape index (κ1) is 13.1. The fourth-order valence-corrected chi connectivity index (χ4v) is 1.96. The van der Waals surface area contributed by atoms with Gasteiger partial charge in [-0.05, 0) is 30.3 Å². The highest BCUT2D eigenvalue weighted by Gasteiger charge is 2.14. The molecular weight excluding hydrogens is 273 g/mol. The molecule has 0 aliphatic rings. The van der Waals surface area contributed by atoms with Crippen molar-refractivity contribution in [2.45, 2.75) is 0 Å². The number of hydrogen-bond donors (Lipinski definition) is 1. The summed E-state index contributed by atoms with van der Waals surface area (Å²) in [6.45, 7) is 0. The van der Waals surface area contributed by atoms with E-state index in [1.165, 1.54) is 13.2 Å². The fourth-order valence-electron chi connectivity index (χ4n) is 1.96. The number of benzene rings is 2. The lowest BCUT2D eigenvalue weighted by Crippen LogP contribution is -1.92. The van der Waals surface area contributed by atoms with Crippen molar-refractivity contribution in [3.63, 3.8) is 0 Å². The van der Waals surface area contributed by atoms with Crippen molar-refractivity contribution < 1.29 is 13.7 Å². The van der Waals surface area contributed by atoms with Crippen molar-refractivity contribution >= 4 is 5.69 Å². The van der Waals surface area contributed by atoms with Crippen LogP contribution in [0.1, 0.15) is 0 Å². The first-order chi connectivity index (χ1) is 10.2. The SMILES string of the molecule is COc1ccc(-c2nc(-c3ccccc3F)no2)cc1N. The van der Waals surface area contributed by atoms with E-state index in [2.05, 4.69) is 10.1 Å². The van der Waals surface area contributed by atoms with E-state index >= 15 is 0 Å². The normalized spacial score (nSPS) is 10.6. The number of nitrogens with two attached hydrogens (primary N) is 1. The van der Waals surface area contributed by atoms with Crippen molar-refractivity contribution in [1.29, 1.82) is 0 Å². The molecule has 0 bridgehead atoms. The molecule has 5 nitrogen and oxygen atoms in total. The second kappa shape index (κ2) is 5.24. The Hall–Kier alpha value is -2.89. The van der Waals surface area contributed by atoms with E-state index in [-0.39, 0.29) is 17.3 Å². The molecule has 0 amide bonds. The molecule has 1 heterocycles. The highest BCUT2D eigenvalue weighted by Crippen LogP contribution is 2.29. The number of halogens is 1. The van der Waals surface area contributed by atoms with Gasteiger partial charge in [-0.15, -0.1) is 0 Å². The van der Waals surface area contributed by atoms with Gasteiger partial charge in [0.25, 0.3) is 5.89 Å². The van der Waals surface area contributed by atoms with Gasteiger partial charge in [-0.3, -0.25) is 0 Å². The van der Waals surface area contributed by atoms with Gasteiger partial charge >= 0.3 is 0 Å². The lowest BCUT2D eigenvalue weighted by atomic mass is 10.2. The molecule has 21 heavy (non-hydrogen) atoms. The van der Waals surface area contributed by atoms with Gasteiger partial charge in [-0.1, -0.05) is 17.3 Å². The maximum Gasteiger partial charge on any atom is 0.258 e. The van der Waals surface area contributed by atoms with Crippen molar-refractivity contribution in [3.05, 3.63) is 48.3 Å². The number of ether oxygens (including phenoxy) is 1. The van der Waals surface area contributed by atoms with E-state index in [0.717, 1.165) is 0 Å². The molecule has 1 aromatic heterocycles. The number of nitrogens with zero attached hydrogens (tertiary/aromatic N) is 2. The molecule has 106 valence electrons. The second-order valence-corrected chi connectivity index (χ2v) is 4.36. The molecule has 6 heteroatoms. The van der Waals surface area contributed by atoms with Gasteiger partial charge < -0.3 is 15.0 Å². The topological polar surface area (TPSA) is 74.2 Å². The van der Waals surface area contributed by atoms with Crippen molar-refractivity contribution in [2.24, 2.45) is 0 Å². The number of rotatable bonds is 3. The van der Waals surface area contributed by atoms with E-state index < -0.39 is 5.82 Å². The molecule has 2 N–H and O–H groups in total. The van der Waals surface area contributed by atoms with E-state index in [1.54, 1.807) is 36.4 Å². The second-order valence-electron chi connectivity index (χ2n) is 4.36. The third-order valence-corrected chi connectivity index (χ3v) is 3.02. The monoisotopic (exact) mass is 285 g/mol. The van der Waals surface area contributed by atoms with Crippen LogP contribution >= 0.6 is 0 Å². The lowest BCUT2D eigenvalue weighted by molar-refractivity contribution is 0.416. The smallest absolute Gasteiger partial charge is 0.258 e. The van der Waals surface area contributed by atoms with Gasteiger partial charge in [0.15, 0.2) is 0 Å². The summed E-state index contributed by atoms with van der Waals surface area (Å²) in [6, 6.07) is 11.4. The molecule has 0 aliphatic heterocycles. The van der Waals surface area contributed by atoms with E-state index in [4.69, 9.17) is 15.0 Å². The van der Waals surface area contributed by atoms with Gasteiger partial charge in [0.05, 0.1) is 18.4 Å². The van der Waals surface area contributed by atoms with Gasteiger partial charge in [0, 0.05) is 5.56 Å². The van der Waals surface area contributed by atoms with Crippen LogP contribution in [0.3, 0.4) is 0 Å². The summed E-state index contributed by atoms with van der Waals surface area (Å²) >= 11 is 0. The minimum Gasteiger partial charge on any atom is -0.495 e. The highest BCUT2D eigenvalue weighted by atomic mass is 19.1. The van der Waals surface area contributed by atoms with Crippen LogP contribution in [-0.4, -0.2) is 17.3 Å². The zero-order chi connectivity index (χ0) is 14.8. The van der Waals surface area contributed by atoms with Crippen LogP contribution in [0.25, 0.3) is 22.8 Å². The predicted octanol–water partition coefficient (Wildman–Crippen LogP) is 3.13. The van der Waals surface area contributed by atoms with Crippen LogP contribution in [0, 0.1) is 5.82 Å². The van der Waals surface area contributed by atoms with Crippen LogP contribution in [-0.2, 0) is 0 Å². The van der Waals surface area contributed by atoms with Crippen molar-refractivity contribution in [3.8, 4) is 28.6 Å². The summed E-state index contributed by atoms with van der Waals surface area (Å²) in [4.78, 5) is 4.19. The Morgan fingerprint density at radius 3 is 2.71 bits per heavy atom. The molecule has 0 radical (unpaired) electrons. The van der Waals surface area contributed by atoms with Crippen LogP contribution in [0.4, 0.5) is 10.1 Å². The Balaban J connectivity index is 1.99. The Morgan fingerprint density at radius 2 is 2.00 bits per heavy atom. The third-order valence-electron chi connectivity index (χ3n) is 3.02. The summed E-state index contributed by atoms with van der Waals surface area (Å²) in [5.74, 6) is 0.617. The first-order valence-corrected chi connectivity index (χ1v) is 6.21. The molecule has 0 saturated carbocycles. The van der Waals surface area contributed by atoms with Gasteiger partial charge in [-0.2, -0.15) is 4.98 Å². The van der Waals surface area contributed by atoms with Crippen molar-refractivity contribution in [1.82, 2.24) is 10.1 Å².